The van der Waals surface area contributed by atoms with Gasteiger partial charge >= 0.3 is 6.18 Å². The van der Waals surface area contributed by atoms with Gasteiger partial charge in [0.15, 0.2) is 5.65 Å². The topological polar surface area (TPSA) is 58.8 Å². The number of alkyl halides is 3. The van der Waals surface area contributed by atoms with Gasteiger partial charge in [-0.2, -0.15) is 17.7 Å². The Morgan fingerprint density at radius 2 is 1.79 bits per heavy atom. The number of nitrogens with zero attached hydrogens (tertiary/aromatic N) is 6. The highest BCUT2D eigenvalue weighted by atomic mass is 19.4. The van der Waals surface area contributed by atoms with E-state index in [1.54, 1.807) is 13.2 Å². The summed E-state index contributed by atoms with van der Waals surface area (Å²) in [5.41, 5.74) is 1.24. The molecule has 10 heteroatoms. The minimum atomic E-state index is -4.60. The lowest BCUT2D eigenvalue weighted by Crippen LogP contribution is -2.47. The Morgan fingerprint density at radius 3 is 2.48 bits per heavy atom. The van der Waals surface area contributed by atoms with Crippen molar-refractivity contribution in [3.63, 3.8) is 0 Å². The van der Waals surface area contributed by atoms with Crippen LogP contribution in [0.25, 0.3) is 5.65 Å². The molecule has 3 aromatic rings. The Balaban J connectivity index is 1.48. The molecule has 1 saturated heterocycles. The average molecular weight is 406 g/mol. The number of piperazine rings is 1. The SMILES string of the molecule is COc1cccc(C(C)N2CCN(c3ccc4nnc(C(F)(F)F)n4n3)CC2)c1. The Hall–Kier alpha value is -2.88. The molecule has 0 radical (unpaired) electrons. The zero-order valence-corrected chi connectivity index (χ0v) is 16.1. The minimum Gasteiger partial charge on any atom is -0.497 e. The smallest absolute Gasteiger partial charge is 0.453 e. The van der Waals surface area contributed by atoms with E-state index in [0.717, 1.165) is 28.9 Å². The first-order valence-corrected chi connectivity index (χ1v) is 9.29. The number of fused-ring (bicyclic) bond motifs is 1. The van der Waals surface area contributed by atoms with Gasteiger partial charge in [0.1, 0.15) is 11.6 Å². The molecule has 1 aliphatic rings. The van der Waals surface area contributed by atoms with Crippen LogP contribution in [-0.2, 0) is 6.18 Å². The highest BCUT2D eigenvalue weighted by molar-refractivity contribution is 5.46. The molecule has 0 spiro atoms. The van der Waals surface area contributed by atoms with E-state index >= 15 is 0 Å². The maximum Gasteiger partial charge on any atom is 0.453 e. The first-order chi connectivity index (χ1) is 13.9. The van der Waals surface area contributed by atoms with Crippen molar-refractivity contribution in [2.24, 2.45) is 0 Å². The van der Waals surface area contributed by atoms with Crippen molar-refractivity contribution in [3.05, 3.63) is 47.8 Å². The van der Waals surface area contributed by atoms with Gasteiger partial charge in [0, 0.05) is 32.2 Å². The standard InChI is InChI=1S/C19H21F3N6O/c1-13(14-4-3-5-15(12-14)29-2)26-8-10-27(11-9-26)17-7-6-16-23-24-18(19(20,21)22)28(16)25-17/h3-7,12-13H,8-11H2,1-2H3. The first kappa shape index (κ1) is 19.4. The third-order valence-electron chi connectivity index (χ3n) is 5.26. The lowest BCUT2D eigenvalue weighted by Gasteiger charge is -2.38. The zero-order valence-electron chi connectivity index (χ0n) is 16.1. The zero-order chi connectivity index (χ0) is 20.6. The van der Waals surface area contributed by atoms with Gasteiger partial charge in [0.05, 0.1) is 7.11 Å². The van der Waals surface area contributed by atoms with E-state index in [1.807, 2.05) is 23.1 Å². The number of halogens is 3. The molecular formula is C19H21F3N6O. The van der Waals surface area contributed by atoms with Crippen LogP contribution in [0.1, 0.15) is 24.4 Å². The van der Waals surface area contributed by atoms with Crippen molar-refractivity contribution < 1.29 is 17.9 Å². The summed E-state index contributed by atoms with van der Waals surface area (Å²) < 4.78 is 45.3. The van der Waals surface area contributed by atoms with Crippen molar-refractivity contribution in [1.29, 1.82) is 0 Å². The van der Waals surface area contributed by atoms with Gasteiger partial charge in [-0.15, -0.1) is 15.3 Å². The molecule has 0 N–H and O–H groups in total. The van der Waals surface area contributed by atoms with Crippen LogP contribution in [0.3, 0.4) is 0 Å². The van der Waals surface area contributed by atoms with Crippen LogP contribution < -0.4 is 9.64 Å². The molecule has 2 aromatic heterocycles. The maximum atomic E-state index is 13.1. The van der Waals surface area contributed by atoms with Crippen molar-refractivity contribution in [2.45, 2.75) is 19.1 Å². The highest BCUT2D eigenvalue weighted by Crippen LogP contribution is 2.29. The van der Waals surface area contributed by atoms with Crippen LogP contribution in [0.4, 0.5) is 19.0 Å². The summed E-state index contributed by atoms with van der Waals surface area (Å²) in [5.74, 6) is 0.191. The first-order valence-electron chi connectivity index (χ1n) is 9.29. The molecule has 0 aliphatic carbocycles. The largest absolute Gasteiger partial charge is 0.497 e. The minimum absolute atomic E-state index is 0.0753. The summed E-state index contributed by atoms with van der Waals surface area (Å²) in [6.07, 6.45) is -4.60. The molecule has 4 rings (SSSR count). The van der Waals surface area contributed by atoms with Gasteiger partial charge in [-0.3, -0.25) is 4.90 Å². The van der Waals surface area contributed by atoms with Crippen molar-refractivity contribution in [1.82, 2.24) is 24.7 Å². The number of aromatic nitrogens is 4. The van der Waals surface area contributed by atoms with Gasteiger partial charge in [0.25, 0.3) is 5.82 Å². The van der Waals surface area contributed by atoms with E-state index in [1.165, 1.54) is 6.07 Å². The van der Waals surface area contributed by atoms with Crippen molar-refractivity contribution >= 4 is 11.5 Å². The lowest BCUT2D eigenvalue weighted by atomic mass is 10.1. The fourth-order valence-corrected chi connectivity index (χ4v) is 3.58. The van der Waals surface area contributed by atoms with Gasteiger partial charge in [0.2, 0.25) is 0 Å². The molecule has 1 aliphatic heterocycles. The molecule has 0 saturated carbocycles. The summed E-state index contributed by atoms with van der Waals surface area (Å²) in [7, 11) is 1.65. The second-order valence-corrected chi connectivity index (χ2v) is 6.96. The van der Waals surface area contributed by atoms with Crippen LogP contribution in [0, 0.1) is 0 Å². The number of rotatable bonds is 4. The molecule has 0 bridgehead atoms. The molecule has 1 fully saturated rings. The summed E-state index contributed by atoms with van der Waals surface area (Å²) >= 11 is 0. The molecule has 1 unspecified atom stereocenters. The van der Waals surface area contributed by atoms with E-state index in [4.69, 9.17) is 4.74 Å². The average Bonchev–Trinajstić information content (AvgIpc) is 3.17. The quantitative estimate of drug-likeness (QED) is 0.664. The van der Waals surface area contributed by atoms with Crippen molar-refractivity contribution in [3.8, 4) is 5.75 Å². The van der Waals surface area contributed by atoms with Gasteiger partial charge in [-0.05, 0) is 36.8 Å². The van der Waals surface area contributed by atoms with Crippen LogP contribution in [0.15, 0.2) is 36.4 Å². The van der Waals surface area contributed by atoms with E-state index < -0.39 is 12.0 Å². The Morgan fingerprint density at radius 1 is 1.03 bits per heavy atom. The normalized spacial score (nSPS) is 16.9. The number of hydrogen-bond acceptors (Lipinski definition) is 6. The monoisotopic (exact) mass is 406 g/mol. The predicted molar refractivity (Wildman–Crippen MR) is 101 cm³/mol. The summed E-state index contributed by atoms with van der Waals surface area (Å²) in [6.45, 7) is 5.01. The van der Waals surface area contributed by atoms with E-state index in [9.17, 15) is 13.2 Å². The molecule has 1 aromatic carbocycles. The number of methoxy groups -OCH3 is 1. The summed E-state index contributed by atoms with van der Waals surface area (Å²) in [5, 5.41) is 10.9. The number of benzene rings is 1. The summed E-state index contributed by atoms with van der Waals surface area (Å²) in [6, 6.07) is 11.4. The van der Waals surface area contributed by atoms with E-state index in [-0.39, 0.29) is 11.7 Å². The Kier molecular flexibility index (Phi) is 5.03. The van der Waals surface area contributed by atoms with Crippen LogP contribution in [-0.4, -0.2) is 58.0 Å². The maximum absolute atomic E-state index is 13.1. The number of ether oxygens (including phenoxy) is 1. The molecule has 3 heterocycles. The number of hydrogen-bond donors (Lipinski definition) is 0. The number of anilines is 1. The molecule has 7 nitrogen and oxygen atoms in total. The Labute approximate surface area is 165 Å². The Bertz CT molecular complexity index is 997. The fraction of sp³-hybridized carbons (Fsp3) is 0.421. The lowest BCUT2D eigenvalue weighted by molar-refractivity contribution is -0.146. The predicted octanol–water partition coefficient (Wildman–Crippen LogP) is 3.03. The molecule has 0 amide bonds. The molecular weight excluding hydrogens is 385 g/mol. The van der Waals surface area contributed by atoms with Crippen LogP contribution >= 0.6 is 0 Å². The second kappa shape index (κ2) is 7.51. The third-order valence-corrected chi connectivity index (χ3v) is 5.26. The summed E-state index contributed by atoms with van der Waals surface area (Å²) in [4.78, 5) is 4.32. The van der Waals surface area contributed by atoms with Gasteiger partial charge < -0.3 is 9.64 Å². The highest BCUT2D eigenvalue weighted by Gasteiger charge is 2.38. The molecule has 154 valence electrons. The molecule has 29 heavy (non-hydrogen) atoms. The second-order valence-electron chi connectivity index (χ2n) is 6.96. The third kappa shape index (κ3) is 3.84. The van der Waals surface area contributed by atoms with Crippen molar-refractivity contribution in [2.75, 3.05) is 38.2 Å². The van der Waals surface area contributed by atoms with Gasteiger partial charge in [-0.1, -0.05) is 12.1 Å². The van der Waals surface area contributed by atoms with Crippen LogP contribution in [0.2, 0.25) is 0 Å². The fourth-order valence-electron chi connectivity index (χ4n) is 3.58. The van der Waals surface area contributed by atoms with E-state index in [0.29, 0.717) is 18.9 Å². The van der Waals surface area contributed by atoms with E-state index in [2.05, 4.69) is 33.2 Å². The van der Waals surface area contributed by atoms with Gasteiger partial charge in [-0.25, -0.2) is 0 Å². The van der Waals surface area contributed by atoms with Crippen LogP contribution in [0.5, 0.6) is 5.75 Å². The molecule has 1 atom stereocenters.